The van der Waals surface area contributed by atoms with Crippen molar-refractivity contribution in [3.05, 3.63) is 11.8 Å². The summed E-state index contributed by atoms with van der Waals surface area (Å²) in [7, 11) is -6.56. The van der Waals surface area contributed by atoms with E-state index < -0.39 is 49.4 Å². The molecule has 0 spiro atoms. The summed E-state index contributed by atoms with van der Waals surface area (Å²) in [6.45, 7) is 32.8. The lowest BCUT2D eigenvalue weighted by Gasteiger charge is -2.43. The molecule has 0 amide bonds. The molecular weight excluding hydrogens is 465 g/mol. The van der Waals surface area contributed by atoms with Crippen molar-refractivity contribution in [2.24, 2.45) is 0 Å². The maximum absolute atomic E-state index is 11.5. The SMILES string of the molecule is CC(C)(C)[Si](C)(C)OC1=C[C@@H](O)[C@H](O[Si](C)(C)C(C)(C)C)C[C@H](O[Si](C)(C)C(C)(C)C)[C@H]1O. The highest BCUT2D eigenvalue weighted by Crippen LogP contribution is 2.43. The van der Waals surface area contributed by atoms with Crippen LogP contribution in [-0.4, -0.2) is 59.6 Å². The lowest BCUT2D eigenvalue weighted by atomic mass is 10.1. The van der Waals surface area contributed by atoms with Crippen LogP contribution in [0.1, 0.15) is 68.7 Å². The molecule has 196 valence electrons. The van der Waals surface area contributed by atoms with E-state index in [4.69, 9.17) is 13.3 Å². The molecule has 4 atom stereocenters. The molecule has 0 bridgehead atoms. The number of hydrogen-bond donors (Lipinski definition) is 2. The number of rotatable bonds is 6. The zero-order valence-electron chi connectivity index (χ0n) is 24.2. The van der Waals surface area contributed by atoms with Gasteiger partial charge in [0.1, 0.15) is 18.0 Å². The van der Waals surface area contributed by atoms with Gasteiger partial charge in [0.15, 0.2) is 16.6 Å². The van der Waals surface area contributed by atoms with Crippen molar-refractivity contribution in [3.63, 3.8) is 0 Å². The molecule has 0 saturated carbocycles. The Morgan fingerprint density at radius 1 is 0.667 bits per heavy atom. The summed E-state index contributed by atoms with van der Waals surface area (Å²) in [6.07, 6.45) is -0.609. The van der Waals surface area contributed by atoms with E-state index in [1.807, 2.05) is 0 Å². The van der Waals surface area contributed by atoms with Gasteiger partial charge in [-0.1, -0.05) is 62.3 Å². The van der Waals surface area contributed by atoms with E-state index in [0.29, 0.717) is 12.2 Å². The first-order chi connectivity index (χ1) is 14.3. The van der Waals surface area contributed by atoms with Crippen LogP contribution in [0.4, 0.5) is 0 Å². The molecule has 0 aliphatic heterocycles. The van der Waals surface area contributed by atoms with Gasteiger partial charge in [0, 0.05) is 6.42 Å². The van der Waals surface area contributed by atoms with Gasteiger partial charge in [0.2, 0.25) is 8.32 Å². The van der Waals surface area contributed by atoms with Crippen molar-refractivity contribution >= 4 is 25.0 Å². The Hall–Kier alpha value is 0.0306. The van der Waals surface area contributed by atoms with E-state index in [2.05, 4.69) is 102 Å². The Kier molecular flexibility index (Phi) is 9.25. The molecule has 0 aromatic rings. The molecule has 2 N–H and O–H groups in total. The molecule has 5 nitrogen and oxygen atoms in total. The Bertz CT molecular complexity index is 696. The van der Waals surface area contributed by atoms with Crippen LogP contribution in [0.2, 0.25) is 54.4 Å². The highest BCUT2D eigenvalue weighted by atomic mass is 28.4. The molecule has 0 aromatic heterocycles. The normalized spacial score (nSPS) is 26.6. The Morgan fingerprint density at radius 3 is 1.39 bits per heavy atom. The van der Waals surface area contributed by atoms with Gasteiger partial charge in [0.05, 0.1) is 12.2 Å². The summed E-state index contributed by atoms with van der Waals surface area (Å²) in [5, 5.41) is 22.8. The lowest BCUT2D eigenvalue weighted by Crippen LogP contribution is -2.51. The third-order valence-electron chi connectivity index (χ3n) is 8.51. The molecule has 0 aromatic carbocycles. The highest BCUT2D eigenvalue weighted by Gasteiger charge is 2.48. The Morgan fingerprint density at radius 2 is 1.03 bits per heavy atom. The second-order valence-electron chi connectivity index (χ2n) is 14.4. The summed E-state index contributed by atoms with van der Waals surface area (Å²) in [6, 6.07) is 0. The largest absolute Gasteiger partial charge is 0.545 e. The summed E-state index contributed by atoms with van der Waals surface area (Å²) >= 11 is 0. The van der Waals surface area contributed by atoms with Crippen LogP contribution in [0.5, 0.6) is 0 Å². The molecule has 1 aliphatic rings. The predicted octanol–water partition coefficient (Wildman–Crippen LogP) is 6.80. The van der Waals surface area contributed by atoms with E-state index in [9.17, 15) is 10.2 Å². The van der Waals surface area contributed by atoms with E-state index in [1.54, 1.807) is 6.08 Å². The van der Waals surface area contributed by atoms with Gasteiger partial charge >= 0.3 is 0 Å². The molecule has 33 heavy (non-hydrogen) atoms. The van der Waals surface area contributed by atoms with Crippen LogP contribution in [0.25, 0.3) is 0 Å². The number of hydrogen-bond acceptors (Lipinski definition) is 5. The predicted molar refractivity (Wildman–Crippen MR) is 147 cm³/mol. The average molecular weight is 519 g/mol. The van der Waals surface area contributed by atoms with E-state index in [1.165, 1.54) is 0 Å². The first-order valence-electron chi connectivity index (χ1n) is 12.4. The van der Waals surface area contributed by atoms with Crippen LogP contribution < -0.4 is 0 Å². The number of aliphatic hydroxyl groups excluding tert-OH is 2. The molecular formula is C25H54O5Si3. The summed E-state index contributed by atoms with van der Waals surface area (Å²) in [4.78, 5) is 0. The second kappa shape index (κ2) is 9.82. The molecule has 0 saturated heterocycles. The molecule has 0 radical (unpaired) electrons. The lowest BCUT2D eigenvalue weighted by molar-refractivity contribution is -0.0121. The van der Waals surface area contributed by atoms with Gasteiger partial charge in [-0.2, -0.15) is 0 Å². The maximum Gasteiger partial charge on any atom is 0.250 e. The average Bonchev–Trinajstić information content (AvgIpc) is 2.63. The zero-order chi connectivity index (χ0) is 26.4. The Balaban J connectivity index is 3.45. The molecule has 1 aliphatic carbocycles. The van der Waals surface area contributed by atoms with Crippen molar-refractivity contribution in [1.29, 1.82) is 0 Å². The monoisotopic (exact) mass is 518 g/mol. The third kappa shape index (κ3) is 7.51. The molecule has 0 heterocycles. The van der Waals surface area contributed by atoms with Gasteiger partial charge in [-0.05, 0) is 60.5 Å². The fourth-order valence-corrected chi connectivity index (χ4v) is 6.70. The van der Waals surface area contributed by atoms with Crippen LogP contribution in [0.15, 0.2) is 11.8 Å². The van der Waals surface area contributed by atoms with Crippen molar-refractivity contribution in [2.45, 2.75) is 148 Å². The quantitative estimate of drug-likeness (QED) is 0.378. The number of aliphatic hydroxyl groups is 2. The van der Waals surface area contributed by atoms with Crippen molar-refractivity contribution in [3.8, 4) is 0 Å². The first kappa shape index (κ1) is 31.1. The fourth-order valence-electron chi connectivity index (χ4n) is 2.94. The smallest absolute Gasteiger partial charge is 0.250 e. The summed E-state index contributed by atoms with van der Waals surface area (Å²) in [5.74, 6) is 0.444. The summed E-state index contributed by atoms with van der Waals surface area (Å²) < 4.78 is 20.0. The Labute approximate surface area is 207 Å². The van der Waals surface area contributed by atoms with Gasteiger partial charge in [-0.25, -0.2) is 0 Å². The van der Waals surface area contributed by atoms with Gasteiger partial charge in [0.25, 0.3) is 0 Å². The van der Waals surface area contributed by atoms with Crippen LogP contribution in [0.3, 0.4) is 0 Å². The second-order valence-corrected chi connectivity index (χ2v) is 28.7. The molecule has 8 heteroatoms. The fraction of sp³-hybridized carbons (Fsp3) is 0.920. The highest BCUT2D eigenvalue weighted by molar-refractivity contribution is 6.75. The van der Waals surface area contributed by atoms with E-state index in [0.717, 1.165) is 0 Å². The topological polar surface area (TPSA) is 68.2 Å². The molecule has 0 fully saturated rings. The standard InChI is InChI=1S/C25H54O5Si3/c1-23(2,3)31(10,11)28-19-17-21(30-33(14,15)25(7,8)9)22(27)20(16-18(19)26)29-32(12,13)24(4,5)6/h16,18-19,21-22,26-27H,17H2,1-15H3/t18-,19-,21+,22+/m1/s1. The van der Waals surface area contributed by atoms with Gasteiger partial charge < -0.3 is 23.5 Å². The molecule has 0 unspecified atom stereocenters. The minimum atomic E-state index is -2.23. The van der Waals surface area contributed by atoms with E-state index >= 15 is 0 Å². The van der Waals surface area contributed by atoms with Crippen LogP contribution >= 0.6 is 0 Å². The maximum atomic E-state index is 11.5. The van der Waals surface area contributed by atoms with Crippen molar-refractivity contribution in [1.82, 2.24) is 0 Å². The minimum Gasteiger partial charge on any atom is -0.545 e. The van der Waals surface area contributed by atoms with Crippen molar-refractivity contribution < 1.29 is 23.5 Å². The third-order valence-corrected chi connectivity index (χ3v) is 21.9. The first-order valence-corrected chi connectivity index (χ1v) is 21.2. The van der Waals surface area contributed by atoms with Gasteiger partial charge in [-0.3, -0.25) is 0 Å². The van der Waals surface area contributed by atoms with Gasteiger partial charge in [-0.15, -0.1) is 0 Å². The molecule has 1 rings (SSSR count). The van der Waals surface area contributed by atoms with Crippen LogP contribution in [-0.2, 0) is 13.3 Å². The van der Waals surface area contributed by atoms with E-state index in [-0.39, 0.29) is 15.1 Å². The van der Waals surface area contributed by atoms with Crippen molar-refractivity contribution in [2.75, 3.05) is 0 Å². The van der Waals surface area contributed by atoms with Crippen LogP contribution in [0, 0.1) is 0 Å². The zero-order valence-corrected chi connectivity index (χ0v) is 27.2. The summed E-state index contributed by atoms with van der Waals surface area (Å²) in [5.41, 5.74) is 0. The minimum absolute atomic E-state index is 0.00239.